The summed E-state index contributed by atoms with van der Waals surface area (Å²) >= 11 is 0. The SMILES string of the molecule is CCCCCC(C)(CN)N1CCC(N2CCCCC2)CC1. The van der Waals surface area contributed by atoms with Gasteiger partial charge >= 0.3 is 0 Å². The summed E-state index contributed by atoms with van der Waals surface area (Å²) < 4.78 is 0. The summed E-state index contributed by atoms with van der Waals surface area (Å²) in [5.74, 6) is 0. The fourth-order valence-corrected chi connectivity index (χ4v) is 4.20. The average molecular weight is 296 g/mol. The Morgan fingerprint density at radius 3 is 2.24 bits per heavy atom. The quantitative estimate of drug-likeness (QED) is 0.732. The zero-order valence-electron chi connectivity index (χ0n) is 14.4. The topological polar surface area (TPSA) is 32.5 Å². The molecule has 2 aliphatic heterocycles. The lowest BCUT2D eigenvalue weighted by molar-refractivity contribution is 0.0317. The van der Waals surface area contributed by atoms with E-state index in [9.17, 15) is 0 Å². The van der Waals surface area contributed by atoms with Crippen LogP contribution in [0.2, 0.25) is 0 Å². The van der Waals surface area contributed by atoms with Gasteiger partial charge in [-0.25, -0.2) is 0 Å². The largest absolute Gasteiger partial charge is 0.329 e. The van der Waals surface area contributed by atoms with Crippen LogP contribution in [0, 0.1) is 0 Å². The second-order valence-electron chi connectivity index (χ2n) is 7.47. The lowest BCUT2D eigenvalue weighted by Crippen LogP contribution is -2.57. The van der Waals surface area contributed by atoms with E-state index in [4.69, 9.17) is 5.73 Å². The summed E-state index contributed by atoms with van der Waals surface area (Å²) in [6.45, 7) is 10.7. The zero-order chi connectivity index (χ0) is 15.1. The predicted octanol–water partition coefficient (Wildman–Crippen LogP) is 3.23. The summed E-state index contributed by atoms with van der Waals surface area (Å²) in [4.78, 5) is 5.46. The molecule has 21 heavy (non-hydrogen) atoms. The van der Waals surface area contributed by atoms with Gasteiger partial charge in [0.1, 0.15) is 0 Å². The molecule has 0 aromatic carbocycles. The maximum atomic E-state index is 6.15. The van der Waals surface area contributed by atoms with E-state index < -0.39 is 0 Å². The minimum atomic E-state index is 0.238. The molecule has 0 aliphatic carbocycles. The number of nitrogens with zero attached hydrogens (tertiary/aromatic N) is 2. The molecule has 2 aliphatic rings. The molecule has 0 aromatic heterocycles. The van der Waals surface area contributed by atoms with Gasteiger partial charge in [0.05, 0.1) is 0 Å². The Kier molecular flexibility index (Phi) is 6.97. The van der Waals surface area contributed by atoms with Gasteiger partial charge in [0, 0.05) is 31.2 Å². The van der Waals surface area contributed by atoms with Gasteiger partial charge in [0.2, 0.25) is 0 Å². The highest BCUT2D eigenvalue weighted by Crippen LogP contribution is 2.28. The van der Waals surface area contributed by atoms with Crippen molar-refractivity contribution in [3.63, 3.8) is 0 Å². The van der Waals surface area contributed by atoms with Crippen molar-refractivity contribution in [3.05, 3.63) is 0 Å². The first-order valence-corrected chi connectivity index (χ1v) is 9.39. The smallest absolute Gasteiger partial charge is 0.0303 e. The molecule has 124 valence electrons. The van der Waals surface area contributed by atoms with Crippen molar-refractivity contribution < 1.29 is 0 Å². The van der Waals surface area contributed by atoms with Gasteiger partial charge in [-0.3, -0.25) is 4.90 Å². The van der Waals surface area contributed by atoms with Crippen molar-refractivity contribution in [2.24, 2.45) is 5.73 Å². The molecule has 1 unspecified atom stereocenters. The van der Waals surface area contributed by atoms with Crippen molar-refractivity contribution in [3.8, 4) is 0 Å². The van der Waals surface area contributed by atoms with Crippen LogP contribution >= 0.6 is 0 Å². The fraction of sp³-hybridized carbons (Fsp3) is 1.00. The highest BCUT2D eigenvalue weighted by molar-refractivity contribution is 4.92. The Labute approximate surface area is 132 Å². The highest BCUT2D eigenvalue weighted by Gasteiger charge is 2.34. The van der Waals surface area contributed by atoms with Crippen LogP contribution in [-0.2, 0) is 0 Å². The molecule has 0 bridgehead atoms. The van der Waals surface area contributed by atoms with E-state index >= 15 is 0 Å². The summed E-state index contributed by atoms with van der Waals surface area (Å²) in [6.07, 6.45) is 12.2. The standard InChI is InChI=1S/C18H37N3/c1-3-4-6-11-18(2,16-19)21-14-9-17(10-15-21)20-12-7-5-8-13-20/h17H,3-16,19H2,1-2H3. The van der Waals surface area contributed by atoms with E-state index in [1.165, 1.54) is 84.0 Å². The van der Waals surface area contributed by atoms with Crippen molar-refractivity contribution in [2.45, 2.75) is 83.2 Å². The molecular formula is C18H37N3. The van der Waals surface area contributed by atoms with Crippen LogP contribution < -0.4 is 5.73 Å². The first-order valence-electron chi connectivity index (χ1n) is 9.39. The Bertz CT molecular complexity index is 280. The summed E-state index contributed by atoms with van der Waals surface area (Å²) in [6, 6.07) is 0.846. The van der Waals surface area contributed by atoms with Crippen LogP contribution in [0.3, 0.4) is 0 Å². The van der Waals surface area contributed by atoms with Crippen molar-refractivity contribution in [2.75, 3.05) is 32.7 Å². The molecule has 2 saturated heterocycles. The Balaban J connectivity index is 1.80. The number of unbranched alkanes of at least 4 members (excludes halogenated alkanes) is 2. The molecule has 0 aromatic rings. The molecule has 3 nitrogen and oxygen atoms in total. The molecule has 0 spiro atoms. The molecular weight excluding hydrogens is 258 g/mol. The summed E-state index contributed by atoms with van der Waals surface area (Å²) in [5, 5.41) is 0. The third-order valence-corrected chi connectivity index (χ3v) is 5.89. The van der Waals surface area contributed by atoms with E-state index in [0.29, 0.717) is 0 Å². The lowest BCUT2D eigenvalue weighted by Gasteiger charge is -2.47. The molecule has 1 atom stereocenters. The maximum absolute atomic E-state index is 6.15. The van der Waals surface area contributed by atoms with E-state index in [1.807, 2.05) is 0 Å². The number of nitrogens with two attached hydrogens (primary N) is 1. The lowest BCUT2D eigenvalue weighted by atomic mass is 9.89. The third kappa shape index (κ3) is 4.67. The Morgan fingerprint density at radius 2 is 1.67 bits per heavy atom. The number of likely N-dealkylation sites (tertiary alicyclic amines) is 2. The van der Waals surface area contributed by atoms with Gasteiger partial charge in [0.15, 0.2) is 0 Å². The van der Waals surface area contributed by atoms with Crippen LogP contribution in [0.5, 0.6) is 0 Å². The van der Waals surface area contributed by atoms with Gasteiger partial charge in [-0.2, -0.15) is 0 Å². The van der Waals surface area contributed by atoms with Gasteiger partial charge < -0.3 is 10.6 Å². The first-order chi connectivity index (χ1) is 10.2. The van der Waals surface area contributed by atoms with Gasteiger partial charge in [-0.15, -0.1) is 0 Å². The Hall–Kier alpha value is -0.120. The number of hydrogen-bond acceptors (Lipinski definition) is 3. The first kappa shape index (κ1) is 17.2. The van der Waals surface area contributed by atoms with Gasteiger partial charge in [-0.1, -0.05) is 32.6 Å². The fourth-order valence-electron chi connectivity index (χ4n) is 4.20. The molecule has 2 heterocycles. The second-order valence-corrected chi connectivity index (χ2v) is 7.47. The highest BCUT2D eigenvalue weighted by atomic mass is 15.2. The molecule has 2 fully saturated rings. The van der Waals surface area contributed by atoms with Gasteiger partial charge in [-0.05, 0) is 52.1 Å². The van der Waals surface area contributed by atoms with Crippen LogP contribution in [-0.4, -0.2) is 54.1 Å². The molecule has 0 amide bonds. The van der Waals surface area contributed by atoms with E-state index in [1.54, 1.807) is 0 Å². The molecule has 2 N–H and O–H groups in total. The Morgan fingerprint density at radius 1 is 1.00 bits per heavy atom. The van der Waals surface area contributed by atoms with E-state index in [2.05, 4.69) is 23.6 Å². The molecule has 2 rings (SSSR count). The molecule has 0 radical (unpaired) electrons. The second kappa shape index (κ2) is 8.50. The average Bonchev–Trinajstić information content (AvgIpc) is 2.56. The molecule has 3 heteroatoms. The normalized spacial score (nSPS) is 25.9. The van der Waals surface area contributed by atoms with Crippen LogP contribution in [0.25, 0.3) is 0 Å². The van der Waals surface area contributed by atoms with Gasteiger partial charge in [0.25, 0.3) is 0 Å². The minimum Gasteiger partial charge on any atom is -0.329 e. The summed E-state index contributed by atoms with van der Waals surface area (Å²) in [7, 11) is 0. The van der Waals surface area contributed by atoms with Crippen molar-refractivity contribution in [1.29, 1.82) is 0 Å². The van der Waals surface area contributed by atoms with Crippen LogP contribution in [0.4, 0.5) is 0 Å². The minimum absolute atomic E-state index is 0.238. The number of piperidine rings is 2. The zero-order valence-corrected chi connectivity index (χ0v) is 14.4. The van der Waals surface area contributed by atoms with E-state index in [0.717, 1.165) is 12.6 Å². The predicted molar refractivity (Wildman–Crippen MR) is 91.6 cm³/mol. The van der Waals surface area contributed by atoms with Crippen molar-refractivity contribution >= 4 is 0 Å². The van der Waals surface area contributed by atoms with E-state index in [-0.39, 0.29) is 5.54 Å². The van der Waals surface area contributed by atoms with Crippen molar-refractivity contribution in [1.82, 2.24) is 9.80 Å². The number of hydrogen-bond donors (Lipinski definition) is 1. The summed E-state index contributed by atoms with van der Waals surface area (Å²) in [5.41, 5.74) is 6.38. The number of rotatable bonds is 7. The maximum Gasteiger partial charge on any atom is 0.0303 e. The van der Waals surface area contributed by atoms with Crippen LogP contribution in [0.1, 0.15) is 71.6 Å². The third-order valence-electron chi connectivity index (χ3n) is 5.89. The molecule has 0 saturated carbocycles. The monoisotopic (exact) mass is 295 g/mol. The van der Waals surface area contributed by atoms with Crippen LogP contribution in [0.15, 0.2) is 0 Å².